The van der Waals surface area contributed by atoms with Crippen molar-refractivity contribution in [3.63, 3.8) is 0 Å². The quantitative estimate of drug-likeness (QED) is 0.807. The fraction of sp³-hybridized carbons (Fsp3) is 0.929. The largest absolute Gasteiger partial charge is 0.368 e. The van der Waals surface area contributed by atoms with E-state index in [1.165, 1.54) is 32.1 Å². The molecule has 0 aromatic rings. The molecule has 0 radical (unpaired) electrons. The molecule has 0 bridgehead atoms. The number of carbonyl (C=O) groups excluding carboxylic acids is 1. The number of nitrogens with two attached hydrogens (primary N) is 1. The summed E-state index contributed by atoms with van der Waals surface area (Å²) >= 11 is 2.13. The zero-order valence-corrected chi connectivity index (χ0v) is 12.2. The number of carbonyl (C=O) groups is 1. The first-order chi connectivity index (χ1) is 8.66. The average Bonchev–Trinajstić information content (AvgIpc) is 2.82. The molecular formula is C14H26N2OS. The van der Waals surface area contributed by atoms with Crippen molar-refractivity contribution >= 4 is 17.7 Å². The first kappa shape index (κ1) is 14.2. The van der Waals surface area contributed by atoms with Crippen LogP contribution in [0.4, 0.5) is 0 Å². The maximum atomic E-state index is 11.8. The van der Waals surface area contributed by atoms with Crippen LogP contribution in [0.1, 0.15) is 58.3 Å². The van der Waals surface area contributed by atoms with E-state index in [1.54, 1.807) is 0 Å². The fourth-order valence-corrected chi connectivity index (χ4v) is 5.28. The van der Waals surface area contributed by atoms with Crippen molar-refractivity contribution in [3.8, 4) is 0 Å². The van der Waals surface area contributed by atoms with Gasteiger partial charge in [0, 0.05) is 10.5 Å². The summed E-state index contributed by atoms with van der Waals surface area (Å²) in [6.45, 7) is 2.88. The molecule has 3 N–H and O–H groups in total. The Morgan fingerprint density at radius 1 is 1.28 bits per heavy atom. The number of hydrogen-bond donors (Lipinski definition) is 2. The van der Waals surface area contributed by atoms with Gasteiger partial charge in [0.05, 0.1) is 5.54 Å². The molecule has 0 heterocycles. The third-order valence-corrected chi connectivity index (χ3v) is 6.02. The molecule has 2 fully saturated rings. The molecule has 2 saturated carbocycles. The first-order valence-electron chi connectivity index (χ1n) is 7.36. The minimum absolute atomic E-state index is 0.152. The van der Waals surface area contributed by atoms with E-state index in [0.29, 0.717) is 5.25 Å². The highest BCUT2D eigenvalue weighted by Crippen LogP contribution is 2.40. The van der Waals surface area contributed by atoms with Crippen molar-refractivity contribution in [2.45, 2.75) is 74.3 Å². The van der Waals surface area contributed by atoms with E-state index in [9.17, 15) is 4.79 Å². The van der Waals surface area contributed by atoms with E-state index in [-0.39, 0.29) is 5.91 Å². The molecular weight excluding hydrogens is 244 g/mol. The highest BCUT2D eigenvalue weighted by Gasteiger charge is 2.41. The lowest BCUT2D eigenvalue weighted by atomic mass is 9.80. The predicted molar refractivity (Wildman–Crippen MR) is 77.7 cm³/mol. The second kappa shape index (κ2) is 6.29. The molecule has 0 aliphatic heterocycles. The topological polar surface area (TPSA) is 55.1 Å². The van der Waals surface area contributed by atoms with E-state index in [2.05, 4.69) is 24.0 Å². The number of primary amides is 1. The summed E-state index contributed by atoms with van der Waals surface area (Å²) in [6, 6.07) is 0. The Kier molecular flexibility index (Phi) is 4.96. The smallest absolute Gasteiger partial charge is 0.237 e. The summed E-state index contributed by atoms with van der Waals surface area (Å²) < 4.78 is 0. The van der Waals surface area contributed by atoms with Gasteiger partial charge in [0.25, 0.3) is 0 Å². The van der Waals surface area contributed by atoms with Crippen molar-refractivity contribution in [1.29, 1.82) is 0 Å². The van der Waals surface area contributed by atoms with Crippen LogP contribution in [0.3, 0.4) is 0 Å². The Labute approximate surface area is 115 Å². The van der Waals surface area contributed by atoms with Crippen molar-refractivity contribution < 1.29 is 4.79 Å². The highest BCUT2D eigenvalue weighted by molar-refractivity contribution is 8.00. The molecule has 1 amide bonds. The third-order valence-electron chi connectivity index (χ3n) is 4.38. The molecule has 2 aliphatic rings. The van der Waals surface area contributed by atoms with E-state index >= 15 is 0 Å². The number of likely N-dealkylation sites (N-methyl/N-ethyl adjacent to an activating group) is 1. The lowest BCUT2D eigenvalue weighted by Crippen LogP contribution is -2.58. The van der Waals surface area contributed by atoms with Crippen LogP contribution in [-0.2, 0) is 4.79 Å². The zero-order chi connectivity index (χ0) is 13.0. The van der Waals surface area contributed by atoms with Gasteiger partial charge < -0.3 is 11.1 Å². The first-order valence-corrected chi connectivity index (χ1v) is 8.31. The van der Waals surface area contributed by atoms with E-state index in [1.807, 2.05) is 0 Å². The molecule has 2 rings (SSSR count). The molecule has 2 aliphatic carbocycles. The number of rotatable bonds is 5. The van der Waals surface area contributed by atoms with Crippen molar-refractivity contribution in [2.24, 2.45) is 5.73 Å². The van der Waals surface area contributed by atoms with Gasteiger partial charge in [0.1, 0.15) is 0 Å². The molecule has 0 saturated heterocycles. The molecule has 2 unspecified atom stereocenters. The summed E-state index contributed by atoms with van der Waals surface area (Å²) in [5.41, 5.74) is 5.22. The average molecular weight is 270 g/mol. The van der Waals surface area contributed by atoms with Crippen LogP contribution in [0.5, 0.6) is 0 Å². The Balaban J connectivity index is 1.94. The maximum Gasteiger partial charge on any atom is 0.237 e. The summed E-state index contributed by atoms with van der Waals surface area (Å²) in [5.74, 6) is -0.152. The molecule has 0 aromatic carbocycles. The van der Waals surface area contributed by atoms with Gasteiger partial charge in [-0.2, -0.15) is 11.8 Å². The summed E-state index contributed by atoms with van der Waals surface area (Å²) in [5, 5.41) is 4.82. The molecule has 18 heavy (non-hydrogen) atoms. The van der Waals surface area contributed by atoms with Crippen LogP contribution in [0.15, 0.2) is 0 Å². The summed E-state index contributed by atoms with van der Waals surface area (Å²) in [4.78, 5) is 11.8. The molecule has 104 valence electrons. The van der Waals surface area contributed by atoms with Crippen LogP contribution in [0.25, 0.3) is 0 Å². The Bertz CT molecular complexity index is 288. The molecule has 0 aromatic heterocycles. The lowest BCUT2D eigenvalue weighted by Gasteiger charge is -2.39. The number of thioether (sulfide) groups is 1. The second-order valence-corrected chi connectivity index (χ2v) is 7.34. The van der Waals surface area contributed by atoms with Crippen LogP contribution < -0.4 is 11.1 Å². The van der Waals surface area contributed by atoms with Gasteiger partial charge in [-0.05, 0) is 45.1 Å². The van der Waals surface area contributed by atoms with Crippen LogP contribution >= 0.6 is 11.8 Å². The van der Waals surface area contributed by atoms with Crippen molar-refractivity contribution in [2.75, 3.05) is 6.54 Å². The normalized spacial score (nSPS) is 33.7. The number of amides is 1. The van der Waals surface area contributed by atoms with Crippen LogP contribution in [0, 0.1) is 0 Å². The van der Waals surface area contributed by atoms with Gasteiger partial charge in [-0.3, -0.25) is 4.79 Å². The zero-order valence-electron chi connectivity index (χ0n) is 11.4. The SMILES string of the molecule is CCNC1(C(N)=O)CCCC(SC2CCCC2)C1. The highest BCUT2D eigenvalue weighted by atomic mass is 32.2. The van der Waals surface area contributed by atoms with Crippen LogP contribution in [0.2, 0.25) is 0 Å². The number of nitrogens with one attached hydrogen (secondary N) is 1. The lowest BCUT2D eigenvalue weighted by molar-refractivity contribution is -0.125. The van der Waals surface area contributed by atoms with Crippen LogP contribution in [-0.4, -0.2) is 28.5 Å². The minimum Gasteiger partial charge on any atom is -0.368 e. The Hall–Kier alpha value is -0.220. The Morgan fingerprint density at radius 3 is 2.56 bits per heavy atom. The minimum atomic E-state index is -0.427. The van der Waals surface area contributed by atoms with Gasteiger partial charge in [0.2, 0.25) is 5.91 Å². The van der Waals surface area contributed by atoms with Gasteiger partial charge in [0.15, 0.2) is 0 Å². The molecule has 0 spiro atoms. The monoisotopic (exact) mass is 270 g/mol. The van der Waals surface area contributed by atoms with E-state index in [4.69, 9.17) is 5.73 Å². The van der Waals surface area contributed by atoms with Gasteiger partial charge in [-0.15, -0.1) is 0 Å². The fourth-order valence-electron chi connectivity index (χ4n) is 3.45. The van der Waals surface area contributed by atoms with Crippen molar-refractivity contribution in [1.82, 2.24) is 5.32 Å². The summed E-state index contributed by atoms with van der Waals surface area (Å²) in [6.07, 6.45) is 9.73. The van der Waals surface area contributed by atoms with Gasteiger partial charge in [-0.25, -0.2) is 0 Å². The van der Waals surface area contributed by atoms with Crippen molar-refractivity contribution in [3.05, 3.63) is 0 Å². The molecule has 3 nitrogen and oxygen atoms in total. The van der Waals surface area contributed by atoms with Gasteiger partial charge >= 0.3 is 0 Å². The maximum absolute atomic E-state index is 11.8. The Morgan fingerprint density at radius 2 is 1.94 bits per heavy atom. The molecule has 4 heteroatoms. The second-order valence-electron chi connectivity index (χ2n) is 5.74. The predicted octanol–water partition coefficient (Wildman–Crippen LogP) is 2.44. The standard InChI is InChI=1S/C14H26N2OS/c1-2-16-14(13(15)17)9-5-8-12(10-14)18-11-6-3-4-7-11/h11-12,16H,2-10H2,1H3,(H2,15,17). The molecule has 2 atom stereocenters. The third kappa shape index (κ3) is 3.21. The number of hydrogen-bond acceptors (Lipinski definition) is 3. The van der Waals surface area contributed by atoms with E-state index < -0.39 is 5.54 Å². The summed E-state index contributed by atoms with van der Waals surface area (Å²) in [7, 11) is 0. The van der Waals surface area contributed by atoms with E-state index in [0.717, 1.165) is 31.1 Å². The van der Waals surface area contributed by atoms with Gasteiger partial charge in [-0.1, -0.05) is 19.8 Å².